The maximum atomic E-state index is 6.76. The number of hydrogen-bond donors (Lipinski definition) is 0. The molecular weight excluding hydrogens is 757 g/mol. The van der Waals surface area contributed by atoms with Crippen molar-refractivity contribution in [2.75, 3.05) is 4.90 Å². The van der Waals surface area contributed by atoms with Gasteiger partial charge in [-0.1, -0.05) is 146 Å². The van der Waals surface area contributed by atoms with Crippen LogP contribution in [-0.2, 0) is 0 Å². The minimum absolute atomic E-state index is 0.843. The lowest BCUT2D eigenvalue weighted by molar-refractivity contribution is 0.670. The number of furan rings is 2. The van der Waals surface area contributed by atoms with E-state index in [9.17, 15) is 0 Å². The second-order valence-electron chi connectivity index (χ2n) is 16.0. The maximum absolute atomic E-state index is 6.76. The molecule has 0 saturated heterocycles. The number of hydrogen-bond acceptors (Lipinski definition) is 3. The van der Waals surface area contributed by atoms with Crippen molar-refractivity contribution in [1.29, 1.82) is 0 Å². The molecule has 0 spiro atoms. The lowest BCUT2D eigenvalue weighted by Gasteiger charge is -2.28. The third-order valence-corrected chi connectivity index (χ3v) is 12.6. The monoisotopic (exact) mass is 792 g/mol. The van der Waals surface area contributed by atoms with Gasteiger partial charge < -0.3 is 18.3 Å². The van der Waals surface area contributed by atoms with E-state index in [1.807, 2.05) is 12.1 Å². The van der Waals surface area contributed by atoms with E-state index in [4.69, 9.17) is 8.83 Å². The Bertz CT molecular complexity index is 3870. The van der Waals surface area contributed by atoms with Gasteiger partial charge in [-0.25, -0.2) is 0 Å². The van der Waals surface area contributed by atoms with Crippen LogP contribution in [0.15, 0.2) is 227 Å². The molecule has 13 rings (SSSR count). The molecule has 290 valence electrons. The Morgan fingerprint density at radius 3 is 1.90 bits per heavy atom. The Morgan fingerprint density at radius 1 is 0.355 bits per heavy atom. The highest BCUT2D eigenvalue weighted by molar-refractivity contribution is 6.20. The smallest absolute Gasteiger partial charge is 0.143 e. The van der Waals surface area contributed by atoms with Crippen LogP contribution in [0.5, 0.6) is 0 Å². The van der Waals surface area contributed by atoms with E-state index in [2.05, 4.69) is 216 Å². The van der Waals surface area contributed by atoms with Gasteiger partial charge in [0.15, 0.2) is 0 Å². The van der Waals surface area contributed by atoms with E-state index in [1.165, 1.54) is 27.4 Å². The molecule has 3 aromatic heterocycles. The SMILES string of the molecule is c1ccc(-n2c3ccccc3c3cc(-c4ccc(N(c5ccccc5-c5cccc6c5oc5ccccc56)c5cccc6oc7c8ccccc8ccc7c56)cc4)ccc32)cc1. The minimum Gasteiger partial charge on any atom is -0.455 e. The average molecular weight is 793 g/mol. The van der Waals surface area contributed by atoms with E-state index < -0.39 is 0 Å². The molecule has 0 radical (unpaired) electrons. The van der Waals surface area contributed by atoms with Gasteiger partial charge in [0.2, 0.25) is 0 Å². The highest BCUT2D eigenvalue weighted by atomic mass is 16.3. The molecule has 13 aromatic rings. The summed E-state index contributed by atoms with van der Waals surface area (Å²) >= 11 is 0. The topological polar surface area (TPSA) is 34.5 Å². The van der Waals surface area contributed by atoms with Crippen molar-refractivity contribution in [3.05, 3.63) is 218 Å². The largest absolute Gasteiger partial charge is 0.455 e. The fourth-order valence-electron chi connectivity index (χ4n) is 9.80. The van der Waals surface area contributed by atoms with Crippen LogP contribution in [0.1, 0.15) is 0 Å². The zero-order valence-electron chi connectivity index (χ0n) is 33.5. The van der Waals surface area contributed by atoms with Gasteiger partial charge in [0.1, 0.15) is 22.3 Å². The van der Waals surface area contributed by atoms with Crippen molar-refractivity contribution in [3.8, 4) is 27.9 Å². The molecule has 0 amide bonds. The summed E-state index contributed by atoms with van der Waals surface area (Å²) < 4.78 is 15.8. The van der Waals surface area contributed by atoms with Crippen LogP contribution in [-0.4, -0.2) is 4.57 Å². The lowest BCUT2D eigenvalue weighted by Crippen LogP contribution is -2.11. The molecule has 0 aliphatic carbocycles. The fraction of sp³-hybridized carbons (Fsp3) is 0. The zero-order chi connectivity index (χ0) is 40.7. The van der Waals surface area contributed by atoms with Crippen molar-refractivity contribution in [2.45, 2.75) is 0 Å². The van der Waals surface area contributed by atoms with Gasteiger partial charge in [0.05, 0.1) is 27.8 Å². The molecule has 0 bridgehead atoms. The van der Waals surface area contributed by atoms with Gasteiger partial charge in [-0.2, -0.15) is 0 Å². The maximum Gasteiger partial charge on any atom is 0.143 e. The fourth-order valence-corrected chi connectivity index (χ4v) is 9.80. The number of fused-ring (bicyclic) bond motifs is 11. The predicted molar refractivity (Wildman–Crippen MR) is 258 cm³/mol. The first-order valence-corrected chi connectivity index (χ1v) is 21.1. The van der Waals surface area contributed by atoms with Gasteiger partial charge in [0.25, 0.3) is 0 Å². The molecular formula is C58H36N2O2. The second kappa shape index (κ2) is 13.6. The van der Waals surface area contributed by atoms with Crippen molar-refractivity contribution < 1.29 is 8.83 Å². The first-order chi connectivity index (χ1) is 30.8. The Morgan fingerprint density at radius 2 is 1.00 bits per heavy atom. The summed E-state index contributed by atoms with van der Waals surface area (Å²) in [6.45, 7) is 0. The van der Waals surface area contributed by atoms with E-state index >= 15 is 0 Å². The summed E-state index contributed by atoms with van der Waals surface area (Å²) in [5.74, 6) is 0. The van der Waals surface area contributed by atoms with E-state index in [-0.39, 0.29) is 0 Å². The first kappa shape index (κ1) is 34.5. The highest BCUT2D eigenvalue weighted by Crippen LogP contribution is 2.48. The average Bonchev–Trinajstić information content (AvgIpc) is 4.02. The van der Waals surface area contributed by atoms with Crippen LogP contribution in [0.3, 0.4) is 0 Å². The summed E-state index contributed by atoms with van der Waals surface area (Å²) in [6.07, 6.45) is 0. The van der Waals surface area contributed by atoms with Crippen molar-refractivity contribution in [2.24, 2.45) is 0 Å². The van der Waals surface area contributed by atoms with Crippen LogP contribution in [0.25, 0.3) is 104 Å². The van der Waals surface area contributed by atoms with Crippen LogP contribution in [0.4, 0.5) is 17.1 Å². The lowest BCUT2D eigenvalue weighted by atomic mass is 9.98. The third kappa shape index (κ3) is 5.20. The molecule has 10 aromatic carbocycles. The number of nitrogens with zero attached hydrogens (tertiary/aromatic N) is 2. The van der Waals surface area contributed by atoms with Gasteiger partial charge in [-0.15, -0.1) is 0 Å². The van der Waals surface area contributed by atoms with Crippen molar-refractivity contribution >= 4 is 93.5 Å². The molecule has 0 aliphatic heterocycles. The predicted octanol–water partition coefficient (Wildman–Crippen LogP) is 16.5. The molecule has 3 heterocycles. The Balaban J connectivity index is 1.02. The summed E-state index contributed by atoms with van der Waals surface area (Å²) in [5.41, 5.74) is 14.5. The van der Waals surface area contributed by atoms with Crippen LogP contribution >= 0.6 is 0 Å². The molecule has 0 unspecified atom stereocenters. The van der Waals surface area contributed by atoms with Crippen molar-refractivity contribution in [3.63, 3.8) is 0 Å². The Hall–Kier alpha value is -8.34. The number of rotatable bonds is 6. The van der Waals surface area contributed by atoms with Crippen LogP contribution in [0.2, 0.25) is 0 Å². The Labute approximate surface area is 356 Å². The highest BCUT2D eigenvalue weighted by Gasteiger charge is 2.24. The van der Waals surface area contributed by atoms with Gasteiger partial charge >= 0.3 is 0 Å². The van der Waals surface area contributed by atoms with E-state index in [0.717, 1.165) is 94.1 Å². The first-order valence-electron chi connectivity index (χ1n) is 21.1. The summed E-state index contributed by atoms with van der Waals surface area (Å²) in [4.78, 5) is 2.39. The molecule has 0 saturated carbocycles. The van der Waals surface area contributed by atoms with E-state index in [0.29, 0.717) is 0 Å². The van der Waals surface area contributed by atoms with Crippen molar-refractivity contribution in [1.82, 2.24) is 4.57 Å². The zero-order valence-corrected chi connectivity index (χ0v) is 33.5. The number of para-hydroxylation sites is 5. The molecule has 0 aliphatic rings. The molecule has 4 nitrogen and oxygen atoms in total. The standard InChI is InChI=1S/C58H36N2O2/c1-2-15-40(16-3-1)59-51-24-10-7-19-44(51)49-36-39(31-35-52(49)59)37-28-32-41(33-29-37)60(53-25-13-27-55-56(53)48-34-30-38-14-4-5-17-42(38)57(48)62-55)50-23-9-6-18-43(50)46-21-12-22-47-45-20-8-11-26-54(45)61-58(46)47/h1-36H. The molecule has 0 fully saturated rings. The van der Waals surface area contributed by atoms with Gasteiger partial charge in [-0.05, 0) is 89.3 Å². The number of benzene rings is 10. The Kier molecular flexibility index (Phi) is 7.57. The molecule has 4 heteroatoms. The molecule has 0 atom stereocenters. The summed E-state index contributed by atoms with van der Waals surface area (Å²) in [6, 6.07) is 77.9. The molecule has 0 N–H and O–H groups in total. The third-order valence-electron chi connectivity index (χ3n) is 12.6. The summed E-state index contributed by atoms with van der Waals surface area (Å²) in [7, 11) is 0. The normalized spacial score (nSPS) is 11.9. The summed E-state index contributed by atoms with van der Waals surface area (Å²) in [5, 5.41) is 9.07. The molecule has 62 heavy (non-hydrogen) atoms. The minimum atomic E-state index is 0.843. The van der Waals surface area contributed by atoms with Gasteiger partial charge in [0, 0.05) is 54.8 Å². The number of anilines is 3. The number of aromatic nitrogens is 1. The second-order valence-corrected chi connectivity index (χ2v) is 16.0. The quantitative estimate of drug-likeness (QED) is 0.168. The van der Waals surface area contributed by atoms with E-state index in [1.54, 1.807) is 0 Å². The van der Waals surface area contributed by atoms with Crippen LogP contribution < -0.4 is 4.90 Å². The van der Waals surface area contributed by atoms with Gasteiger partial charge in [-0.3, -0.25) is 0 Å². The van der Waals surface area contributed by atoms with Crippen LogP contribution in [0, 0.1) is 0 Å².